The van der Waals surface area contributed by atoms with Gasteiger partial charge < -0.3 is 4.57 Å². The Labute approximate surface area is 66.1 Å². The molecule has 1 aromatic heterocycles. The second-order valence-corrected chi connectivity index (χ2v) is 2.29. The van der Waals surface area contributed by atoms with Crippen LogP contribution in [0, 0.1) is 0 Å². The lowest BCUT2D eigenvalue weighted by molar-refractivity contribution is 0.891. The van der Waals surface area contributed by atoms with E-state index in [1.807, 2.05) is 30.7 Å². The van der Waals surface area contributed by atoms with E-state index in [1.165, 1.54) is 0 Å². The summed E-state index contributed by atoms with van der Waals surface area (Å²) in [4.78, 5) is 0. The Kier molecular flexibility index (Phi) is 2.21. The molecule has 0 N–H and O–H groups in total. The largest absolute Gasteiger partial charge is 0.317 e. The van der Waals surface area contributed by atoms with E-state index in [0.717, 1.165) is 11.4 Å². The van der Waals surface area contributed by atoms with Gasteiger partial charge in [-0.25, -0.2) is 0 Å². The average molecular weight is 149 g/mol. The zero-order chi connectivity index (χ0) is 8.27. The monoisotopic (exact) mass is 149 g/mol. The summed E-state index contributed by atoms with van der Waals surface area (Å²) in [7, 11) is 1.89. The first-order valence-electron chi connectivity index (χ1n) is 3.41. The van der Waals surface area contributed by atoms with E-state index < -0.39 is 0 Å². The summed E-state index contributed by atoms with van der Waals surface area (Å²) in [5, 5.41) is 7.64. The molecule has 11 heavy (non-hydrogen) atoms. The Balaban J connectivity index is 2.93. The molecule has 0 aliphatic carbocycles. The molecule has 3 heteroatoms. The summed E-state index contributed by atoms with van der Waals surface area (Å²) >= 11 is 0. The van der Waals surface area contributed by atoms with Gasteiger partial charge in [0.1, 0.15) is 6.33 Å². The van der Waals surface area contributed by atoms with Gasteiger partial charge in [-0.1, -0.05) is 18.7 Å². The fraction of sp³-hybridized carbons (Fsp3) is 0.250. The maximum Gasteiger partial charge on any atom is 0.162 e. The molecule has 0 fully saturated rings. The third kappa shape index (κ3) is 1.55. The average Bonchev–Trinajstić information content (AvgIpc) is 2.36. The zero-order valence-electron chi connectivity index (χ0n) is 6.78. The van der Waals surface area contributed by atoms with Crippen LogP contribution >= 0.6 is 0 Å². The zero-order valence-corrected chi connectivity index (χ0v) is 6.78. The highest BCUT2D eigenvalue weighted by molar-refractivity contribution is 5.66. The molecular formula is C8H11N3. The molecule has 0 aliphatic rings. The van der Waals surface area contributed by atoms with Gasteiger partial charge in [0.15, 0.2) is 5.82 Å². The van der Waals surface area contributed by atoms with Gasteiger partial charge in [-0.15, -0.1) is 10.2 Å². The topological polar surface area (TPSA) is 30.7 Å². The van der Waals surface area contributed by atoms with Crippen molar-refractivity contribution >= 4 is 5.57 Å². The SMILES string of the molecule is C=C(C=CC)c1nncn1C. The molecule has 0 spiro atoms. The first-order valence-corrected chi connectivity index (χ1v) is 3.41. The van der Waals surface area contributed by atoms with Crippen molar-refractivity contribution < 1.29 is 0 Å². The lowest BCUT2D eigenvalue weighted by Crippen LogP contribution is -1.93. The molecule has 0 saturated heterocycles. The second-order valence-electron chi connectivity index (χ2n) is 2.29. The standard InChI is InChI=1S/C8H11N3/c1-4-5-7(2)8-10-9-6-11(8)3/h4-6H,2H2,1,3H3. The molecule has 0 aliphatic heterocycles. The summed E-state index contributed by atoms with van der Waals surface area (Å²) in [6, 6.07) is 0. The molecule has 0 aromatic carbocycles. The first-order chi connectivity index (χ1) is 5.25. The van der Waals surface area contributed by atoms with E-state index in [1.54, 1.807) is 6.33 Å². The minimum Gasteiger partial charge on any atom is -0.317 e. The quantitative estimate of drug-likeness (QED) is 0.595. The molecule has 1 aromatic rings. The Hall–Kier alpha value is -1.38. The van der Waals surface area contributed by atoms with Gasteiger partial charge in [0.2, 0.25) is 0 Å². The fourth-order valence-corrected chi connectivity index (χ4v) is 0.850. The van der Waals surface area contributed by atoms with Crippen molar-refractivity contribution in [1.29, 1.82) is 0 Å². The fourth-order valence-electron chi connectivity index (χ4n) is 0.850. The van der Waals surface area contributed by atoms with E-state index in [9.17, 15) is 0 Å². The number of aryl methyl sites for hydroxylation is 1. The molecule has 0 unspecified atom stereocenters. The van der Waals surface area contributed by atoms with Crippen molar-refractivity contribution in [2.45, 2.75) is 6.92 Å². The highest BCUT2D eigenvalue weighted by Crippen LogP contribution is 2.07. The number of nitrogens with zero attached hydrogens (tertiary/aromatic N) is 3. The molecule has 0 amide bonds. The molecule has 0 saturated carbocycles. The molecule has 1 heterocycles. The number of hydrogen-bond acceptors (Lipinski definition) is 2. The number of aromatic nitrogens is 3. The second kappa shape index (κ2) is 3.14. The first kappa shape index (κ1) is 7.72. The van der Waals surface area contributed by atoms with Crippen LogP contribution in [0.25, 0.3) is 5.57 Å². The van der Waals surface area contributed by atoms with Gasteiger partial charge in [-0.2, -0.15) is 0 Å². The van der Waals surface area contributed by atoms with Crippen LogP contribution in [-0.2, 0) is 7.05 Å². The lowest BCUT2D eigenvalue weighted by Gasteiger charge is -1.96. The van der Waals surface area contributed by atoms with Gasteiger partial charge in [-0.05, 0) is 6.92 Å². The van der Waals surface area contributed by atoms with Crippen LogP contribution < -0.4 is 0 Å². The number of allylic oxidation sites excluding steroid dienone is 3. The number of rotatable bonds is 2. The van der Waals surface area contributed by atoms with Crippen molar-refractivity contribution in [1.82, 2.24) is 14.8 Å². The summed E-state index contributed by atoms with van der Waals surface area (Å²) in [6.07, 6.45) is 5.49. The summed E-state index contributed by atoms with van der Waals surface area (Å²) in [5.74, 6) is 0.808. The number of hydrogen-bond donors (Lipinski definition) is 0. The smallest absolute Gasteiger partial charge is 0.162 e. The van der Waals surface area contributed by atoms with Crippen LogP contribution in [0.1, 0.15) is 12.7 Å². The van der Waals surface area contributed by atoms with Gasteiger partial charge in [0, 0.05) is 12.6 Å². The minimum atomic E-state index is 0.808. The molecule has 1 rings (SSSR count). The molecule has 3 nitrogen and oxygen atoms in total. The van der Waals surface area contributed by atoms with Gasteiger partial charge in [-0.3, -0.25) is 0 Å². The Morgan fingerprint density at radius 1 is 1.73 bits per heavy atom. The van der Waals surface area contributed by atoms with Crippen molar-refractivity contribution in [2.24, 2.45) is 7.05 Å². The Morgan fingerprint density at radius 2 is 2.45 bits per heavy atom. The Bertz CT molecular complexity index is 283. The van der Waals surface area contributed by atoms with Gasteiger partial charge >= 0.3 is 0 Å². The summed E-state index contributed by atoms with van der Waals surface area (Å²) < 4.78 is 1.84. The van der Waals surface area contributed by atoms with Crippen LogP contribution in [0.5, 0.6) is 0 Å². The maximum atomic E-state index is 3.90. The van der Waals surface area contributed by atoms with E-state index >= 15 is 0 Å². The van der Waals surface area contributed by atoms with Crippen molar-refractivity contribution in [2.75, 3.05) is 0 Å². The normalized spacial score (nSPS) is 10.7. The Morgan fingerprint density at radius 3 is 2.91 bits per heavy atom. The van der Waals surface area contributed by atoms with Gasteiger partial charge in [0.05, 0.1) is 0 Å². The van der Waals surface area contributed by atoms with Gasteiger partial charge in [0.25, 0.3) is 0 Å². The third-order valence-electron chi connectivity index (χ3n) is 1.37. The highest BCUT2D eigenvalue weighted by Gasteiger charge is 2.00. The van der Waals surface area contributed by atoms with Crippen molar-refractivity contribution in [3.63, 3.8) is 0 Å². The van der Waals surface area contributed by atoms with E-state index in [-0.39, 0.29) is 0 Å². The van der Waals surface area contributed by atoms with Crippen molar-refractivity contribution in [3.8, 4) is 0 Å². The lowest BCUT2D eigenvalue weighted by atomic mass is 10.2. The predicted octanol–water partition coefficient (Wildman–Crippen LogP) is 1.40. The predicted molar refractivity (Wildman–Crippen MR) is 44.9 cm³/mol. The molecule has 0 atom stereocenters. The van der Waals surface area contributed by atoms with E-state index in [2.05, 4.69) is 16.8 Å². The molecule has 0 bridgehead atoms. The van der Waals surface area contributed by atoms with Crippen LogP contribution in [0.15, 0.2) is 25.1 Å². The summed E-state index contributed by atoms with van der Waals surface area (Å²) in [6.45, 7) is 5.78. The van der Waals surface area contributed by atoms with Crippen LogP contribution in [0.3, 0.4) is 0 Å². The highest BCUT2D eigenvalue weighted by atomic mass is 15.2. The molecule has 58 valence electrons. The minimum absolute atomic E-state index is 0.808. The maximum absolute atomic E-state index is 3.90. The molecule has 0 radical (unpaired) electrons. The van der Waals surface area contributed by atoms with E-state index in [4.69, 9.17) is 0 Å². The summed E-state index contributed by atoms with van der Waals surface area (Å²) in [5.41, 5.74) is 0.882. The van der Waals surface area contributed by atoms with Crippen molar-refractivity contribution in [3.05, 3.63) is 30.9 Å². The van der Waals surface area contributed by atoms with Crippen LogP contribution in [0.2, 0.25) is 0 Å². The third-order valence-corrected chi connectivity index (χ3v) is 1.37. The van der Waals surface area contributed by atoms with Crippen LogP contribution in [-0.4, -0.2) is 14.8 Å². The van der Waals surface area contributed by atoms with E-state index in [0.29, 0.717) is 0 Å². The molecular weight excluding hydrogens is 138 g/mol. The van der Waals surface area contributed by atoms with Crippen LogP contribution in [0.4, 0.5) is 0 Å².